The van der Waals surface area contributed by atoms with Crippen LogP contribution in [0.3, 0.4) is 0 Å². The van der Waals surface area contributed by atoms with Crippen molar-refractivity contribution in [2.75, 3.05) is 25.5 Å². The summed E-state index contributed by atoms with van der Waals surface area (Å²) in [6, 6.07) is 15.3. The molecule has 2 aromatic carbocycles. The highest BCUT2D eigenvalue weighted by atomic mass is 19.1. The first-order valence-corrected chi connectivity index (χ1v) is 7.45. The fourth-order valence-electron chi connectivity index (χ4n) is 3.04. The van der Waals surface area contributed by atoms with E-state index in [0.717, 1.165) is 31.6 Å². The number of para-hydroxylation sites is 1. The van der Waals surface area contributed by atoms with Gasteiger partial charge in [-0.1, -0.05) is 30.3 Å². The van der Waals surface area contributed by atoms with Crippen molar-refractivity contribution in [3.63, 3.8) is 0 Å². The zero-order chi connectivity index (χ0) is 14.7. The largest absolute Gasteiger partial charge is 0.384 e. The molecule has 3 rings (SSSR count). The zero-order valence-electron chi connectivity index (χ0n) is 12.3. The minimum absolute atomic E-state index is 0.172. The van der Waals surface area contributed by atoms with E-state index in [0.29, 0.717) is 5.92 Å². The molecule has 0 aliphatic carbocycles. The molecule has 2 nitrogen and oxygen atoms in total. The first kappa shape index (κ1) is 14.1. The average Bonchev–Trinajstić information content (AvgIpc) is 2.49. The quantitative estimate of drug-likeness (QED) is 0.924. The van der Waals surface area contributed by atoms with Gasteiger partial charge in [-0.25, -0.2) is 4.39 Å². The van der Waals surface area contributed by atoms with Crippen molar-refractivity contribution in [3.05, 3.63) is 65.5 Å². The molecular weight excluding hydrogens is 263 g/mol. The molecule has 1 aliphatic heterocycles. The van der Waals surface area contributed by atoms with Gasteiger partial charge in [-0.05, 0) is 48.7 Å². The van der Waals surface area contributed by atoms with E-state index < -0.39 is 0 Å². The molecule has 21 heavy (non-hydrogen) atoms. The van der Waals surface area contributed by atoms with Crippen LogP contribution in [0.1, 0.15) is 11.1 Å². The summed E-state index contributed by atoms with van der Waals surface area (Å²) in [5, 5.41) is 3.51. The van der Waals surface area contributed by atoms with Crippen LogP contribution in [-0.2, 0) is 13.0 Å². The summed E-state index contributed by atoms with van der Waals surface area (Å²) in [6.07, 6.45) is 1.12. The Balaban J connectivity index is 1.56. The number of fused-ring (bicyclic) bond motifs is 1. The molecule has 0 saturated heterocycles. The number of halogens is 1. The Morgan fingerprint density at radius 3 is 2.71 bits per heavy atom. The van der Waals surface area contributed by atoms with Gasteiger partial charge in [0.05, 0.1) is 0 Å². The van der Waals surface area contributed by atoms with Crippen LogP contribution in [0.4, 0.5) is 10.1 Å². The molecule has 1 N–H and O–H groups in total. The van der Waals surface area contributed by atoms with Crippen LogP contribution in [0.2, 0.25) is 0 Å². The van der Waals surface area contributed by atoms with Gasteiger partial charge in [-0.3, -0.25) is 0 Å². The molecule has 1 aliphatic rings. The van der Waals surface area contributed by atoms with Crippen LogP contribution in [-0.4, -0.2) is 25.0 Å². The maximum absolute atomic E-state index is 12.9. The van der Waals surface area contributed by atoms with Crippen molar-refractivity contribution in [1.82, 2.24) is 4.90 Å². The Morgan fingerprint density at radius 1 is 1.14 bits per heavy atom. The summed E-state index contributed by atoms with van der Waals surface area (Å²) < 4.78 is 12.9. The second-order valence-electron chi connectivity index (χ2n) is 5.93. The van der Waals surface area contributed by atoms with Crippen LogP contribution in [0.15, 0.2) is 48.5 Å². The van der Waals surface area contributed by atoms with E-state index in [1.165, 1.54) is 23.4 Å². The third kappa shape index (κ3) is 3.61. The Hall–Kier alpha value is -1.87. The minimum Gasteiger partial charge on any atom is -0.384 e. The number of hydrogen-bond acceptors (Lipinski definition) is 2. The SMILES string of the molecule is CN(Cc1ccc(F)cc1)CC1CNc2ccccc2C1. The minimum atomic E-state index is -0.172. The van der Waals surface area contributed by atoms with Gasteiger partial charge in [0, 0.05) is 25.3 Å². The van der Waals surface area contributed by atoms with Gasteiger partial charge in [0.15, 0.2) is 0 Å². The monoisotopic (exact) mass is 284 g/mol. The van der Waals surface area contributed by atoms with Crippen LogP contribution in [0.25, 0.3) is 0 Å². The van der Waals surface area contributed by atoms with Crippen LogP contribution >= 0.6 is 0 Å². The van der Waals surface area contributed by atoms with Crippen molar-refractivity contribution in [2.45, 2.75) is 13.0 Å². The molecule has 0 amide bonds. The topological polar surface area (TPSA) is 15.3 Å². The third-order valence-corrected chi connectivity index (χ3v) is 4.04. The zero-order valence-corrected chi connectivity index (χ0v) is 12.3. The molecule has 0 radical (unpaired) electrons. The van der Waals surface area contributed by atoms with E-state index in [1.54, 1.807) is 0 Å². The summed E-state index contributed by atoms with van der Waals surface area (Å²) in [6.45, 7) is 2.92. The van der Waals surface area contributed by atoms with Crippen molar-refractivity contribution in [1.29, 1.82) is 0 Å². The molecule has 0 aromatic heterocycles. The van der Waals surface area contributed by atoms with Crippen molar-refractivity contribution < 1.29 is 4.39 Å². The van der Waals surface area contributed by atoms with E-state index in [2.05, 4.69) is 41.5 Å². The second kappa shape index (κ2) is 6.27. The van der Waals surface area contributed by atoms with Crippen LogP contribution < -0.4 is 5.32 Å². The predicted molar refractivity (Wildman–Crippen MR) is 84.9 cm³/mol. The van der Waals surface area contributed by atoms with E-state index >= 15 is 0 Å². The van der Waals surface area contributed by atoms with Crippen LogP contribution in [0.5, 0.6) is 0 Å². The lowest BCUT2D eigenvalue weighted by Crippen LogP contribution is -2.33. The number of hydrogen-bond donors (Lipinski definition) is 1. The molecule has 1 unspecified atom stereocenters. The normalized spacial score (nSPS) is 17.4. The standard InChI is InChI=1S/C18H21FN2/c1-21(12-14-6-8-17(19)9-7-14)13-15-10-16-4-2-3-5-18(16)20-11-15/h2-9,15,20H,10-13H2,1H3. The molecule has 110 valence electrons. The molecule has 0 fully saturated rings. The molecule has 2 aromatic rings. The summed E-state index contributed by atoms with van der Waals surface area (Å²) in [7, 11) is 2.13. The lowest BCUT2D eigenvalue weighted by atomic mass is 9.93. The average molecular weight is 284 g/mol. The number of rotatable bonds is 4. The molecular formula is C18H21FN2. The molecule has 0 spiro atoms. The smallest absolute Gasteiger partial charge is 0.123 e. The molecule has 0 saturated carbocycles. The van der Waals surface area contributed by atoms with E-state index in [9.17, 15) is 4.39 Å². The van der Waals surface area contributed by atoms with Crippen molar-refractivity contribution in [3.8, 4) is 0 Å². The predicted octanol–water partition coefficient (Wildman–Crippen LogP) is 3.54. The summed E-state index contributed by atoms with van der Waals surface area (Å²) in [4.78, 5) is 2.31. The van der Waals surface area contributed by atoms with Gasteiger partial charge in [0.1, 0.15) is 5.82 Å². The second-order valence-corrected chi connectivity index (χ2v) is 5.93. The molecule has 0 bridgehead atoms. The maximum Gasteiger partial charge on any atom is 0.123 e. The maximum atomic E-state index is 12.9. The van der Waals surface area contributed by atoms with Gasteiger partial charge >= 0.3 is 0 Å². The van der Waals surface area contributed by atoms with Gasteiger partial charge < -0.3 is 10.2 Å². The van der Waals surface area contributed by atoms with Crippen molar-refractivity contribution >= 4 is 5.69 Å². The van der Waals surface area contributed by atoms with Crippen molar-refractivity contribution in [2.24, 2.45) is 5.92 Å². The lowest BCUT2D eigenvalue weighted by molar-refractivity contribution is 0.271. The highest BCUT2D eigenvalue weighted by molar-refractivity contribution is 5.53. The summed E-state index contributed by atoms with van der Waals surface area (Å²) in [5.41, 5.74) is 3.84. The highest BCUT2D eigenvalue weighted by Gasteiger charge is 2.19. The van der Waals surface area contributed by atoms with Crippen LogP contribution in [0, 0.1) is 11.7 Å². The number of nitrogens with one attached hydrogen (secondary N) is 1. The Bertz CT molecular complexity index is 594. The fourth-order valence-corrected chi connectivity index (χ4v) is 3.04. The summed E-state index contributed by atoms with van der Waals surface area (Å²) in [5.74, 6) is 0.444. The Labute approximate surface area is 125 Å². The summed E-state index contributed by atoms with van der Waals surface area (Å²) >= 11 is 0. The first-order valence-electron chi connectivity index (χ1n) is 7.45. The Morgan fingerprint density at radius 2 is 1.90 bits per heavy atom. The van der Waals surface area contributed by atoms with Gasteiger partial charge in [-0.15, -0.1) is 0 Å². The molecule has 1 heterocycles. The molecule has 3 heteroatoms. The van der Waals surface area contributed by atoms with Gasteiger partial charge in [0.25, 0.3) is 0 Å². The fraction of sp³-hybridized carbons (Fsp3) is 0.333. The number of anilines is 1. The number of nitrogens with zero attached hydrogens (tertiary/aromatic N) is 1. The molecule has 1 atom stereocenters. The Kier molecular flexibility index (Phi) is 4.20. The lowest BCUT2D eigenvalue weighted by Gasteiger charge is -2.29. The third-order valence-electron chi connectivity index (χ3n) is 4.04. The van der Waals surface area contributed by atoms with Gasteiger partial charge in [-0.2, -0.15) is 0 Å². The van der Waals surface area contributed by atoms with E-state index in [-0.39, 0.29) is 5.82 Å². The number of benzene rings is 2. The van der Waals surface area contributed by atoms with Gasteiger partial charge in [0.2, 0.25) is 0 Å². The highest BCUT2D eigenvalue weighted by Crippen LogP contribution is 2.24. The first-order chi connectivity index (χ1) is 10.2. The van der Waals surface area contributed by atoms with E-state index in [4.69, 9.17) is 0 Å². The van der Waals surface area contributed by atoms with E-state index in [1.807, 2.05) is 12.1 Å².